The maximum atomic E-state index is 11.3. The van der Waals surface area contributed by atoms with Gasteiger partial charge in [-0.25, -0.2) is 9.78 Å². The summed E-state index contributed by atoms with van der Waals surface area (Å²) < 4.78 is 4.61. The maximum absolute atomic E-state index is 11.3. The first-order valence-corrected chi connectivity index (χ1v) is 4.41. The number of anilines is 1. The molecule has 0 unspecified atom stereocenters. The first kappa shape index (κ1) is 10.8. The Morgan fingerprint density at radius 1 is 1.64 bits per heavy atom. The van der Waals surface area contributed by atoms with Crippen LogP contribution in [0.4, 0.5) is 5.82 Å². The van der Waals surface area contributed by atoms with E-state index >= 15 is 0 Å². The first-order chi connectivity index (χ1) is 6.60. The average Bonchev–Trinajstić information content (AvgIpc) is 2.20. The lowest BCUT2D eigenvalue weighted by Crippen LogP contribution is -2.08. The van der Waals surface area contributed by atoms with Gasteiger partial charge < -0.3 is 10.1 Å². The zero-order valence-electron chi connectivity index (χ0n) is 8.22. The van der Waals surface area contributed by atoms with Gasteiger partial charge in [0.15, 0.2) is 0 Å². The number of nitrogens with one attached hydrogen (secondary N) is 1. The number of carbonyl (C=O) groups is 1. The van der Waals surface area contributed by atoms with Crippen LogP contribution in [0.2, 0.25) is 5.15 Å². The fourth-order valence-corrected chi connectivity index (χ4v) is 1.19. The molecule has 0 aromatic carbocycles. The van der Waals surface area contributed by atoms with Gasteiger partial charge in [-0.2, -0.15) is 0 Å². The third-order valence-corrected chi connectivity index (χ3v) is 2.18. The van der Waals surface area contributed by atoms with Crippen LogP contribution in [0.15, 0.2) is 6.07 Å². The number of aryl methyl sites for hydroxylation is 1. The van der Waals surface area contributed by atoms with Gasteiger partial charge in [0.1, 0.15) is 16.5 Å². The van der Waals surface area contributed by atoms with E-state index in [1.54, 1.807) is 20.0 Å². The third kappa shape index (κ3) is 1.96. The maximum Gasteiger partial charge on any atom is 0.341 e. The summed E-state index contributed by atoms with van der Waals surface area (Å²) in [4.78, 5) is 15.3. The van der Waals surface area contributed by atoms with Gasteiger partial charge in [-0.05, 0) is 18.6 Å². The van der Waals surface area contributed by atoms with Crippen LogP contribution in [0, 0.1) is 6.92 Å². The van der Waals surface area contributed by atoms with Crippen molar-refractivity contribution in [2.24, 2.45) is 0 Å². The van der Waals surface area contributed by atoms with E-state index in [9.17, 15) is 4.79 Å². The van der Waals surface area contributed by atoms with Crippen molar-refractivity contribution in [3.8, 4) is 0 Å². The van der Waals surface area contributed by atoms with Gasteiger partial charge in [0, 0.05) is 7.05 Å². The van der Waals surface area contributed by atoms with Crippen LogP contribution in [0.25, 0.3) is 0 Å². The number of rotatable bonds is 2. The summed E-state index contributed by atoms with van der Waals surface area (Å²) in [5.74, 6) is -0.00549. The molecule has 0 saturated heterocycles. The number of hydrogen-bond donors (Lipinski definition) is 1. The number of aromatic nitrogens is 1. The topological polar surface area (TPSA) is 51.2 Å². The second-order valence-electron chi connectivity index (χ2n) is 2.73. The Morgan fingerprint density at radius 2 is 2.29 bits per heavy atom. The predicted molar refractivity (Wildman–Crippen MR) is 54.9 cm³/mol. The molecule has 0 aliphatic heterocycles. The van der Waals surface area contributed by atoms with Crippen molar-refractivity contribution in [1.82, 2.24) is 4.98 Å². The molecule has 0 aliphatic carbocycles. The highest BCUT2D eigenvalue weighted by Gasteiger charge is 2.14. The van der Waals surface area contributed by atoms with Crippen LogP contribution >= 0.6 is 11.6 Å². The molecule has 0 radical (unpaired) electrons. The van der Waals surface area contributed by atoms with Crippen LogP contribution in [-0.2, 0) is 4.74 Å². The molecule has 1 N–H and O–H groups in total. The number of methoxy groups -OCH3 is 1. The molecule has 0 saturated carbocycles. The van der Waals surface area contributed by atoms with Crippen LogP contribution in [0.1, 0.15) is 15.9 Å². The molecule has 0 bridgehead atoms. The predicted octanol–water partition coefficient (Wildman–Crippen LogP) is 1.87. The van der Waals surface area contributed by atoms with Crippen molar-refractivity contribution in [2.45, 2.75) is 6.92 Å². The lowest BCUT2D eigenvalue weighted by Gasteiger charge is -2.08. The van der Waals surface area contributed by atoms with Gasteiger partial charge in [0.2, 0.25) is 0 Å². The van der Waals surface area contributed by atoms with E-state index in [0.29, 0.717) is 16.5 Å². The number of nitrogens with zero attached hydrogens (tertiary/aromatic N) is 1. The van der Waals surface area contributed by atoms with E-state index in [1.807, 2.05) is 0 Å². The Bertz CT molecular complexity index is 366. The van der Waals surface area contributed by atoms with Crippen molar-refractivity contribution in [2.75, 3.05) is 19.5 Å². The summed E-state index contributed by atoms with van der Waals surface area (Å²) in [5.41, 5.74) is 1.13. The summed E-state index contributed by atoms with van der Waals surface area (Å²) in [6.45, 7) is 1.78. The van der Waals surface area contributed by atoms with Crippen molar-refractivity contribution >= 4 is 23.4 Å². The first-order valence-electron chi connectivity index (χ1n) is 4.03. The molecule has 0 fully saturated rings. The van der Waals surface area contributed by atoms with E-state index < -0.39 is 5.97 Å². The molecular weight excluding hydrogens is 204 g/mol. The van der Waals surface area contributed by atoms with Crippen LogP contribution in [0.3, 0.4) is 0 Å². The van der Waals surface area contributed by atoms with Gasteiger partial charge in [0.25, 0.3) is 0 Å². The van der Waals surface area contributed by atoms with Crippen molar-refractivity contribution < 1.29 is 9.53 Å². The van der Waals surface area contributed by atoms with Crippen molar-refractivity contribution in [3.05, 3.63) is 22.3 Å². The molecule has 1 rings (SSSR count). The monoisotopic (exact) mass is 214 g/mol. The molecular formula is C9H11ClN2O2. The molecule has 5 heteroatoms. The van der Waals surface area contributed by atoms with Gasteiger partial charge in [-0.15, -0.1) is 0 Å². The highest BCUT2D eigenvalue weighted by molar-refractivity contribution is 6.30. The standard InChI is InChI=1S/C9H11ClN2O2/c1-5-4-6(9(13)14-3)8(11-2)12-7(5)10/h4H,1-3H3,(H,11,12). The third-order valence-electron chi connectivity index (χ3n) is 1.79. The summed E-state index contributed by atoms with van der Waals surface area (Å²) >= 11 is 5.81. The lowest BCUT2D eigenvalue weighted by atomic mass is 10.2. The van der Waals surface area contributed by atoms with Gasteiger partial charge >= 0.3 is 5.97 Å². The minimum Gasteiger partial charge on any atom is -0.465 e. The second-order valence-corrected chi connectivity index (χ2v) is 3.09. The highest BCUT2D eigenvalue weighted by atomic mass is 35.5. The molecule has 0 spiro atoms. The largest absolute Gasteiger partial charge is 0.465 e. The highest BCUT2D eigenvalue weighted by Crippen LogP contribution is 2.20. The van der Waals surface area contributed by atoms with Crippen LogP contribution in [0.5, 0.6) is 0 Å². The Kier molecular flexibility index (Phi) is 3.30. The van der Waals surface area contributed by atoms with Crippen LogP contribution in [-0.4, -0.2) is 25.1 Å². The molecule has 1 heterocycles. The number of esters is 1. The Balaban J connectivity index is 3.27. The fraction of sp³-hybridized carbons (Fsp3) is 0.333. The van der Waals surface area contributed by atoms with E-state index in [4.69, 9.17) is 11.6 Å². The van der Waals surface area contributed by atoms with E-state index in [-0.39, 0.29) is 0 Å². The van der Waals surface area contributed by atoms with Gasteiger partial charge in [-0.3, -0.25) is 0 Å². The lowest BCUT2D eigenvalue weighted by molar-refractivity contribution is 0.0601. The molecule has 14 heavy (non-hydrogen) atoms. The fourth-order valence-electron chi connectivity index (χ4n) is 1.05. The Labute approximate surface area is 87.2 Å². The van der Waals surface area contributed by atoms with Gasteiger partial charge in [0.05, 0.1) is 7.11 Å². The van der Waals surface area contributed by atoms with Crippen molar-refractivity contribution in [3.63, 3.8) is 0 Å². The molecule has 76 valence electrons. The number of pyridine rings is 1. The minimum atomic E-state index is -0.429. The molecule has 1 aromatic heterocycles. The zero-order valence-corrected chi connectivity index (χ0v) is 8.97. The average molecular weight is 215 g/mol. The quantitative estimate of drug-likeness (QED) is 0.603. The van der Waals surface area contributed by atoms with E-state index in [0.717, 1.165) is 5.56 Å². The summed E-state index contributed by atoms with van der Waals surface area (Å²) in [7, 11) is 2.99. The summed E-state index contributed by atoms with van der Waals surface area (Å²) in [5, 5.41) is 3.16. The number of ether oxygens (including phenoxy) is 1. The molecule has 0 aliphatic rings. The second kappa shape index (κ2) is 4.28. The minimum absolute atomic E-state index is 0.377. The smallest absolute Gasteiger partial charge is 0.341 e. The number of halogens is 1. The SMILES string of the molecule is CNc1nc(Cl)c(C)cc1C(=O)OC. The molecule has 4 nitrogen and oxygen atoms in total. The molecule has 1 aromatic rings. The van der Waals surface area contributed by atoms with E-state index in [2.05, 4.69) is 15.0 Å². The summed E-state index contributed by atoms with van der Waals surface area (Å²) in [6, 6.07) is 1.65. The normalized spacial score (nSPS) is 9.71. The van der Waals surface area contributed by atoms with Gasteiger partial charge in [-0.1, -0.05) is 11.6 Å². The number of hydrogen-bond acceptors (Lipinski definition) is 4. The molecule has 0 atom stereocenters. The van der Waals surface area contributed by atoms with Crippen molar-refractivity contribution in [1.29, 1.82) is 0 Å². The Hall–Kier alpha value is -1.29. The zero-order chi connectivity index (χ0) is 10.7. The van der Waals surface area contributed by atoms with E-state index in [1.165, 1.54) is 7.11 Å². The number of carbonyl (C=O) groups excluding carboxylic acids is 1. The molecule has 0 amide bonds. The Morgan fingerprint density at radius 3 is 2.79 bits per heavy atom. The van der Waals surface area contributed by atoms with Crippen LogP contribution < -0.4 is 5.32 Å². The summed E-state index contributed by atoms with van der Waals surface area (Å²) in [6.07, 6.45) is 0.